The van der Waals surface area contributed by atoms with Crippen molar-refractivity contribution in [2.45, 2.75) is 12.1 Å². The minimum atomic E-state index is 0.552. The third-order valence-corrected chi connectivity index (χ3v) is 3.14. The lowest BCUT2D eigenvalue weighted by molar-refractivity contribution is 0.344. The van der Waals surface area contributed by atoms with Crippen LogP contribution in [0, 0.1) is 18.3 Å². The molecule has 4 nitrogen and oxygen atoms in total. The Kier molecular flexibility index (Phi) is 4.76. The third-order valence-electron chi connectivity index (χ3n) is 2.30. The minimum Gasteiger partial charge on any atom is -0.493 e. The van der Waals surface area contributed by atoms with Crippen LogP contribution in [0.4, 0.5) is 0 Å². The third kappa shape index (κ3) is 4.27. The first-order chi connectivity index (χ1) is 9.28. The summed E-state index contributed by atoms with van der Waals surface area (Å²) >= 11 is 1.55. The second-order valence-electron chi connectivity index (χ2n) is 3.88. The number of hydrogen-bond donors (Lipinski definition) is 0. The molecule has 1 heterocycles. The lowest BCUT2D eigenvalue weighted by Crippen LogP contribution is -2.01. The summed E-state index contributed by atoms with van der Waals surface area (Å²) in [5.41, 5.74) is 1.65. The van der Waals surface area contributed by atoms with Crippen molar-refractivity contribution in [3.8, 4) is 11.8 Å². The standard InChI is InChI=1S/C14H13N3OS/c1-11-9-16-14(17-10-11)19-6-5-18-13-4-2-3-12(7-13)8-15/h2-4,7,9-10H,5-6H2,1H3. The SMILES string of the molecule is Cc1cnc(SCCOc2cccc(C#N)c2)nc1. The lowest BCUT2D eigenvalue weighted by Gasteiger charge is -2.05. The Morgan fingerprint density at radius 2 is 2.11 bits per heavy atom. The molecule has 0 N–H and O–H groups in total. The Hall–Kier alpha value is -2.06. The van der Waals surface area contributed by atoms with Gasteiger partial charge in [0.15, 0.2) is 5.16 Å². The van der Waals surface area contributed by atoms with Crippen molar-refractivity contribution < 1.29 is 4.74 Å². The van der Waals surface area contributed by atoms with Crippen LogP contribution in [0.15, 0.2) is 41.8 Å². The maximum Gasteiger partial charge on any atom is 0.187 e. The highest BCUT2D eigenvalue weighted by atomic mass is 32.2. The molecule has 0 saturated carbocycles. The summed E-state index contributed by atoms with van der Waals surface area (Å²) < 4.78 is 5.57. The van der Waals surface area contributed by atoms with Gasteiger partial charge in [0, 0.05) is 18.1 Å². The highest BCUT2D eigenvalue weighted by Gasteiger charge is 1.99. The van der Waals surface area contributed by atoms with Gasteiger partial charge >= 0.3 is 0 Å². The Balaban J connectivity index is 1.77. The van der Waals surface area contributed by atoms with E-state index in [1.807, 2.05) is 19.1 Å². The second kappa shape index (κ2) is 6.76. The fourth-order valence-electron chi connectivity index (χ4n) is 1.40. The molecule has 0 bridgehead atoms. The number of aryl methyl sites for hydroxylation is 1. The van der Waals surface area contributed by atoms with E-state index in [-0.39, 0.29) is 0 Å². The van der Waals surface area contributed by atoms with Gasteiger partial charge in [0.2, 0.25) is 0 Å². The number of nitriles is 1. The number of ether oxygens (including phenoxy) is 1. The van der Waals surface area contributed by atoms with Gasteiger partial charge in [-0.25, -0.2) is 9.97 Å². The molecule has 2 rings (SSSR count). The monoisotopic (exact) mass is 271 g/mol. The number of aromatic nitrogens is 2. The highest BCUT2D eigenvalue weighted by Crippen LogP contribution is 2.15. The van der Waals surface area contributed by atoms with Crippen molar-refractivity contribution in [2.75, 3.05) is 12.4 Å². The summed E-state index contributed by atoms with van der Waals surface area (Å²) in [6.45, 7) is 2.51. The molecule has 0 aliphatic heterocycles. The van der Waals surface area contributed by atoms with E-state index in [9.17, 15) is 0 Å². The van der Waals surface area contributed by atoms with Crippen LogP contribution in [0.25, 0.3) is 0 Å². The summed E-state index contributed by atoms with van der Waals surface area (Å²) in [6.07, 6.45) is 3.60. The van der Waals surface area contributed by atoms with Crippen LogP contribution >= 0.6 is 11.8 Å². The maximum atomic E-state index is 8.78. The predicted molar refractivity (Wildman–Crippen MR) is 74.1 cm³/mol. The van der Waals surface area contributed by atoms with Gasteiger partial charge in [0.05, 0.1) is 18.2 Å². The van der Waals surface area contributed by atoms with E-state index in [1.165, 1.54) is 0 Å². The zero-order chi connectivity index (χ0) is 13.5. The fraction of sp³-hybridized carbons (Fsp3) is 0.214. The largest absolute Gasteiger partial charge is 0.493 e. The summed E-state index contributed by atoms with van der Waals surface area (Å²) in [6, 6.07) is 9.22. The van der Waals surface area contributed by atoms with E-state index in [2.05, 4.69) is 16.0 Å². The zero-order valence-electron chi connectivity index (χ0n) is 10.5. The number of benzene rings is 1. The molecular weight excluding hydrogens is 258 g/mol. The first-order valence-electron chi connectivity index (χ1n) is 5.82. The summed E-state index contributed by atoms with van der Waals surface area (Å²) in [4.78, 5) is 8.41. The fourth-order valence-corrected chi connectivity index (χ4v) is 2.01. The Labute approximate surface area is 116 Å². The van der Waals surface area contributed by atoms with Crippen molar-refractivity contribution in [3.05, 3.63) is 47.8 Å². The van der Waals surface area contributed by atoms with E-state index in [1.54, 1.807) is 36.3 Å². The molecule has 0 aliphatic rings. The molecule has 0 saturated heterocycles. The van der Waals surface area contributed by atoms with E-state index >= 15 is 0 Å². The van der Waals surface area contributed by atoms with Crippen LogP contribution in [0.3, 0.4) is 0 Å². The van der Waals surface area contributed by atoms with Gasteiger partial charge in [-0.05, 0) is 30.7 Å². The second-order valence-corrected chi connectivity index (χ2v) is 4.94. The van der Waals surface area contributed by atoms with Crippen molar-refractivity contribution in [3.63, 3.8) is 0 Å². The molecule has 0 spiro atoms. The van der Waals surface area contributed by atoms with Gasteiger partial charge in [-0.3, -0.25) is 0 Å². The normalized spacial score (nSPS) is 9.89. The first-order valence-corrected chi connectivity index (χ1v) is 6.81. The van der Waals surface area contributed by atoms with Gasteiger partial charge in [-0.1, -0.05) is 17.8 Å². The zero-order valence-corrected chi connectivity index (χ0v) is 11.4. The number of nitrogens with zero attached hydrogens (tertiary/aromatic N) is 3. The highest BCUT2D eigenvalue weighted by molar-refractivity contribution is 7.99. The Morgan fingerprint density at radius 1 is 1.32 bits per heavy atom. The molecule has 1 aromatic carbocycles. The molecule has 0 aliphatic carbocycles. The quantitative estimate of drug-likeness (QED) is 0.475. The van der Waals surface area contributed by atoms with Crippen LogP contribution in [0.2, 0.25) is 0 Å². The first kappa shape index (κ1) is 13.4. The number of hydrogen-bond acceptors (Lipinski definition) is 5. The molecule has 19 heavy (non-hydrogen) atoms. The molecule has 0 amide bonds. The molecule has 0 atom stereocenters. The molecule has 0 radical (unpaired) electrons. The van der Waals surface area contributed by atoms with E-state index in [0.717, 1.165) is 16.5 Å². The van der Waals surface area contributed by atoms with Crippen LogP contribution in [-0.4, -0.2) is 22.3 Å². The average Bonchev–Trinajstić information content (AvgIpc) is 2.46. The molecule has 2 aromatic rings. The molecule has 5 heteroatoms. The van der Waals surface area contributed by atoms with E-state index in [4.69, 9.17) is 10.00 Å². The smallest absolute Gasteiger partial charge is 0.187 e. The molecule has 0 fully saturated rings. The number of rotatable bonds is 5. The lowest BCUT2D eigenvalue weighted by atomic mass is 10.2. The average molecular weight is 271 g/mol. The van der Waals surface area contributed by atoms with Gasteiger partial charge in [0.25, 0.3) is 0 Å². The van der Waals surface area contributed by atoms with Crippen molar-refractivity contribution in [2.24, 2.45) is 0 Å². The van der Waals surface area contributed by atoms with Crippen LogP contribution < -0.4 is 4.74 Å². The summed E-state index contributed by atoms with van der Waals surface area (Å²) in [5.74, 6) is 1.48. The molecular formula is C14H13N3OS. The molecule has 1 aromatic heterocycles. The Morgan fingerprint density at radius 3 is 2.84 bits per heavy atom. The Bertz CT molecular complexity index is 578. The number of thioether (sulfide) groups is 1. The van der Waals surface area contributed by atoms with Gasteiger partial charge < -0.3 is 4.74 Å². The maximum absolute atomic E-state index is 8.78. The van der Waals surface area contributed by atoms with Crippen molar-refractivity contribution >= 4 is 11.8 Å². The topological polar surface area (TPSA) is 58.8 Å². The van der Waals surface area contributed by atoms with Gasteiger partial charge in [0.1, 0.15) is 5.75 Å². The van der Waals surface area contributed by atoms with Crippen molar-refractivity contribution in [1.29, 1.82) is 5.26 Å². The van der Waals surface area contributed by atoms with Gasteiger partial charge in [-0.15, -0.1) is 0 Å². The van der Waals surface area contributed by atoms with Gasteiger partial charge in [-0.2, -0.15) is 5.26 Å². The van der Waals surface area contributed by atoms with Crippen LogP contribution in [0.1, 0.15) is 11.1 Å². The summed E-state index contributed by atoms with van der Waals surface area (Å²) in [5, 5.41) is 9.53. The summed E-state index contributed by atoms with van der Waals surface area (Å²) in [7, 11) is 0. The molecule has 0 unspecified atom stereocenters. The van der Waals surface area contributed by atoms with E-state index < -0.39 is 0 Å². The minimum absolute atomic E-state index is 0.552. The predicted octanol–water partition coefficient (Wildman–Crippen LogP) is 2.83. The van der Waals surface area contributed by atoms with E-state index in [0.29, 0.717) is 17.9 Å². The van der Waals surface area contributed by atoms with Crippen molar-refractivity contribution in [1.82, 2.24) is 9.97 Å². The van der Waals surface area contributed by atoms with Crippen LogP contribution in [-0.2, 0) is 0 Å². The van der Waals surface area contributed by atoms with Crippen LogP contribution in [0.5, 0.6) is 5.75 Å². The molecule has 96 valence electrons.